The second-order valence-electron chi connectivity index (χ2n) is 7.28. The molecule has 2 fully saturated rings. The van der Waals surface area contributed by atoms with E-state index in [0.29, 0.717) is 6.04 Å². The summed E-state index contributed by atoms with van der Waals surface area (Å²) in [5, 5.41) is 14.1. The molecule has 1 saturated carbocycles. The summed E-state index contributed by atoms with van der Waals surface area (Å²) in [7, 11) is 3.97. The smallest absolute Gasteiger partial charge is 0.133 e. The standard InChI is InChI=1S/C17H29N5O/c1-21(2)16-11-15(18-13-19-16)20-14-5-9-22(10-6-14)12-17(23)7-3-4-8-17/h11,13-14,23H,3-10,12H2,1-2H3,(H,18,19,20). The highest BCUT2D eigenvalue weighted by atomic mass is 16.3. The van der Waals surface area contributed by atoms with Gasteiger partial charge in [0, 0.05) is 45.8 Å². The van der Waals surface area contributed by atoms with Gasteiger partial charge in [0.1, 0.15) is 18.0 Å². The van der Waals surface area contributed by atoms with Gasteiger partial charge in [0.15, 0.2) is 0 Å². The number of β-amino-alcohol motifs (C(OH)–C–C–N with tert-alkyl or cyclic N) is 1. The van der Waals surface area contributed by atoms with E-state index in [1.165, 1.54) is 12.8 Å². The van der Waals surface area contributed by atoms with Crippen LogP contribution >= 0.6 is 0 Å². The summed E-state index contributed by atoms with van der Waals surface area (Å²) in [6.07, 6.45) is 8.10. The summed E-state index contributed by atoms with van der Waals surface area (Å²) in [4.78, 5) is 13.0. The third-order valence-electron chi connectivity index (χ3n) is 5.10. The molecule has 128 valence electrons. The molecule has 0 bridgehead atoms. The van der Waals surface area contributed by atoms with Crippen molar-refractivity contribution >= 4 is 11.6 Å². The lowest BCUT2D eigenvalue weighted by Gasteiger charge is -2.36. The van der Waals surface area contributed by atoms with Crippen LogP contribution < -0.4 is 10.2 Å². The molecule has 1 aromatic rings. The minimum absolute atomic E-state index is 0.423. The largest absolute Gasteiger partial charge is 0.389 e. The molecule has 0 spiro atoms. The molecule has 23 heavy (non-hydrogen) atoms. The number of hydrogen-bond donors (Lipinski definition) is 2. The molecule has 2 heterocycles. The van der Waals surface area contributed by atoms with Gasteiger partial charge in [0.2, 0.25) is 0 Å². The van der Waals surface area contributed by atoms with Crippen LogP contribution in [0.1, 0.15) is 38.5 Å². The molecule has 1 aliphatic carbocycles. The van der Waals surface area contributed by atoms with Gasteiger partial charge in [-0.3, -0.25) is 0 Å². The van der Waals surface area contributed by atoms with E-state index in [9.17, 15) is 5.11 Å². The van der Waals surface area contributed by atoms with Gasteiger partial charge in [0.25, 0.3) is 0 Å². The van der Waals surface area contributed by atoms with E-state index >= 15 is 0 Å². The lowest BCUT2D eigenvalue weighted by molar-refractivity contribution is 0.00371. The van der Waals surface area contributed by atoms with Gasteiger partial charge in [-0.15, -0.1) is 0 Å². The Morgan fingerprint density at radius 3 is 2.61 bits per heavy atom. The zero-order chi connectivity index (χ0) is 16.3. The van der Waals surface area contributed by atoms with Crippen LogP contribution in [0.3, 0.4) is 0 Å². The average Bonchev–Trinajstić information content (AvgIpc) is 2.96. The highest BCUT2D eigenvalue weighted by molar-refractivity contribution is 5.47. The monoisotopic (exact) mass is 319 g/mol. The Labute approximate surface area is 138 Å². The molecule has 0 aromatic carbocycles. The predicted octanol–water partition coefficient (Wildman–Crippen LogP) is 1.72. The number of piperidine rings is 1. The van der Waals surface area contributed by atoms with Gasteiger partial charge in [-0.2, -0.15) is 0 Å². The summed E-state index contributed by atoms with van der Waals surface area (Å²) in [5.41, 5.74) is -0.423. The van der Waals surface area contributed by atoms with Crippen molar-refractivity contribution < 1.29 is 5.11 Å². The number of hydrogen-bond acceptors (Lipinski definition) is 6. The summed E-state index contributed by atoms with van der Waals surface area (Å²) in [6.45, 7) is 2.94. The van der Waals surface area contributed by atoms with Crippen LogP contribution in [0.25, 0.3) is 0 Å². The summed E-state index contributed by atoms with van der Waals surface area (Å²) in [6, 6.07) is 2.45. The van der Waals surface area contributed by atoms with E-state index in [2.05, 4.69) is 20.2 Å². The van der Waals surface area contributed by atoms with E-state index in [1.54, 1.807) is 6.33 Å². The van der Waals surface area contributed by atoms with Crippen LogP contribution in [0, 0.1) is 0 Å². The minimum Gasteiger partial charge on any atom is -0.389 e. The molecule has 1 aromatic heterocycles. The van der Waals surface area contributed by atoms with Gasteiger partial charge in [-0.05, 0) is 25.7 Å². The topological polar surface area (TPSA) is 64.5 Å². The number of anilines is 2. The number of rotatable bonds is 5. The van der Waals surface area contributed by atoms with Gasteiger partial charge in [-0.1, -0.05) is 12.8 Å². The molecular weight excluding hydrogens is 290 g/mol. The Kier molecular flexibility index (Phi) is 5.02. The zero-order valence-corrected chi connectivity index (χ0v) is 14.3. The maximum atomic E-state index is 10.5. The van der Waals surface area contributed by atoms with E-state index in [0.717, 1.165) is 57.0 Å². The zero-order valence-electron chi connectivity index (χ0n) is 14.3. The van der Waals surface area contributed by atoms with Crippen molar-refractivity contribution in [2.24, 2.45) is 0 Å². The molecule has 2 N–H and O–H groups in total. The lowest BCUT2D eigenvalue weighted by Crippen LogP contribution is -2.46. The number of likely N-dealkylation sites (tertiary alicyclic amines) is 1. The fourth-order valence-corrected chi connectivity index (χ4v) is 3.72. The molecular formula is C17H29N5O. The molecule has 0 unspecified atom stereocenters. The fraction of sp³-hybridized carbons (Fsp3) is 0.765. The number of aromatic nitrogens is 2. The van der Waals surface area contributed by atoms with Crippen LogP contribution in [0.4, 0.5) is 11.6 Å². The van der Waals surface area contributed by atoms with E-state index < -0.39 is 5.60 Å². The fourth-order valence-electron chi connectivity index (χ4n) is 3.72. The summed E-state index contributed by atoms with van der Waals surface area (Å²) >= 11 is 0. The van der Waals surface area contributed by atoms with Crippen molar-refractivity contribution in [3.05, 3.63) is 12.4 Å². The Hall–Kier alpha value is -1.40. The highest BCUT2D eigenvalue weighted by Crippen LogP contribution is 2.31. The first kappa shape index (κ1) is 16.5. The Morgan fingerprint density at radius 1 is 1.26 bits per heavy atom. The van der Waals surface area contributed by atoms with Crippen molar-refractivity contribution in [3.8, 4) is 0 Å². The van der Waals surface area contributed by atoms with E-state index in [-0.39, 0.29) is 0 Å². The van der Waals surface area contributed by atoms with Crippen molar-refractivity contribution in [2.45, 2.75) is 50.2 Å². The summed E-state index contributed by atoms with van der Waals surface area (Å²) in [5.74, 6) is 1.82. The maximum absolute atomic E-state index is 10.5. The Balaban J connectivity index is 1.48. The van der Waals surface area contributed by atoms with Crippen molar-refractivity contribution in [1.82, 2.24) is 14.9 Å². The van der Waals surface area contributed by atoms with Crippen molar-refractivity contribution in [3.63, 3.8) is 0 Å². The number of aliphatic hydroxyl groups is 1. The Bertz CT molecular complexity index is 507. The highest BCUT2D eigenvalue weighted by Gasteiger charge is 2.34. The van der Waals surface area contributed by atoms with Gasteiger partial charge < -0.3 is 20.2 Å². The normalized spacial score (nSPS) is 22.2. The first-order valence-electron chi connectivity index (χ1n) is 8.75. The molecule has 1 aliphatic heterocycles. The van der Waals surface area contributed by atoms with E-state index in [4.69, 9.17) is 0 Å². The van der Waals surface area contributed by atoms with Gasteiger partial charge in [-0.25, -0.2) is 9.97 Å². The summed E-state index contributed by atoms with van der Waals surface area (Å²) < 4.78 is 0. The molecule has 6 heteroatoms. The molecule has 0 radical (unpaired) electrons. The maximum Gasteiger partial charge on any atom is 0.133 e. The number of nitrogens with zero attached hydrogens (tertiary/aromatic N) is 4. The SMILES string of the molecule is CN(C)c1cc(NC2CCN(CC3(O)CCCC3)CC2)ncn1. The van der Waals surface area contributed by atoms with Gasteiger partial charge >= 0.3 is 0 Å². The predicted molar refractivity (Wildman–Crippen MR) is 92.9 cm³/mol. The minimum atomic E-state index is -0.423. The van der Waals surface area contributed by atoms with Crippen LogP contribution in [-0.2, 0) is 0 Å². The van der Waals surface area contributed by atoms with E-state index in [1.807, 2.05) is 25.1 Å². The van der Waals surface area contributed by atoms with Crippen LogP contribution in [0.15, 0.2) is 12.4 Å². The molecule has 3 rings (SSSR count). The molecule has 1 saturated heterocycles. The molecule has 0 amide bonds. The average molecular weight is 319 g/mol. The second-order valence-corrected chi connectivity index (χ2v) is 7.28. The molecule has 0 atom stereocenters. The third kappa shape index (κ3) is 4.32. The van der Waals surface area contributed by atoms with Crippen LogP contribution in [0.5, 0.6) is 0 Å². The quantitative estimate of drug-likeness (QED) is 0.862. The van der Waals surface area contributed by atoms with Crippen molar-refractivity contribution in [2.75, 3.05) is 43.9 Å². The van der Waals surface area contributed by atoms with Crippen molar-refractivity contribution in [1.29, 1.82) is 0 Å². The third-order valence-corrected chi connectivity index (χ3v) is 5.10. The molecule has 2 aliphatic rings. The lowest BCUT2D eigenvalue weighted by atomic mass is 9.98. The second kappa shape index (κ2) is 7.01. The van der Waals surface area contributed by atoms with Gasteiger partial charge in [0.05, 0.1) is 5.60 Å². The Morgan fingerprint density at radius 2 is 1.96 bits per heavy atom. The first-order chi connectivity index (χ1) is 11.0. The molecule has 6 nitrogen and oxygen atoms in total. The van der Waals surface area contributed by atoms with Crippen LogP contribution in [-0.4, -0.2) is 65.3 Å². The first-order valence-corrected chi connectivity index (χ1v) is 8.75. The van der Waals surface area contributed by atoms with Crippen LogP contribution in [0.2, 0.25) is 0 Å². The number of nitrogens with one attached hydrogen (secondary N) is 1.